The van der Waals surface area contributed by atoms with Crippen LogP contribution in [-0.4, -0.2) is 15.2 Å². The Morgan fingerprint density at radius 2 is 1.88 bits per heavy atom. The standard InChI is InChI=1S/C11H7NO4/c13-6-3-5-9(4-7(6)14)16-8-1-2-12-11(15)10(5)8/h1-4,13-14H,(H,12,15). The van der Waals surface area contributed by atoms with Crippen molar-refractivity contribution in [2.24, 2.45) is 0 Å². The number of fused-ring (bicyclic) bond motifs is 3. The van der Waals surface area contributed by atoms with Gasteiger partial charge >= 0.3 is 0 Å². The number of rotatable bonds is 0. The van der Waals surface area contributed by atoms with Gasteiger partial charge < -0.3 is 19.6 Å². The number of nitrogens with one attached hydrogen (secondary N) is 1. The van der Waals surface area contributed by atoms with Gasteiger partial charge in [0.1, 0.15) is 11.2 Å². The van der Waals surface area contributed by atoms with E-state index >= 15 is 0 Å². The monoisotopic (exact) mass is 217 g/mol. The normalized spacial score (nSPS) is 11.2. The quantitative estimate of drug-likeness (QED) is 0.500. The summed E-state index contributed by atoms with van der Waals surface area (Å²) in [5, 5.41) is 19.5. The Morgan fingerprint density at radius 3 is 2.69 bits per heavy atom. The Morgan fingerprint density at radius 1 is 1.12 bits per heavy atom. The molecule has 0 spiro atoms. The fourth-order valence-corrected chi connectivity index (χ4v) is 1.76. The number of aromatic nitrogens is 1. The second kappa shape index (κ2) is 2.79. The van der Waals surface area contributed by atoms with Gasteiger partial charge in [-0.1, -0.05) is 0 Å². The highest BCUT2D eigenvalue weighted by molar-refractivity contribution is 6.05. The summed E-state index contributed by atoms with van der Waals surface area (Å²) in [6.07, 6.45) is 1.48. The van der Waals surface area contributed by atoms with Gasteiger partial charge in [-0.05, 0) is 12.1 Å². The molecule has 2 heterocycles. The van der Waals surface area contributed by atoms with E-state index in [9.17, 15) is 15.0 Å². The van der Waals surface area contributed by atoms with Crippen molar-refractivity contribution in [1.82, 2.24) is 4.98 Å². The predicted octanol–water partition coefficient (Wildman–Crippen LogP) is 1.69. The lowest BCUT2D eigenvalue weighted by Gasteiger charge is -1.95. The number of hydrogen-bond acceptors (Lipinski definition) is 4. The maximum absolute atomic E-state index is 11.6. The van der Waals surface area contributed by atoms with Gasteiger partial charge in [0.05, 0.1) is 5.39 Å². The molecule has 0 fully saturated rings. The minimum Gasteiger partial charge on any atom is -0.504 e. The predicted molar refractivity (Wildman–Crippen MR) is 57.7 cm³/mol. The first-order valence-corrected chi connectivity index (χ1v) is 4.62. The van der Waals surface area contributed by atoms with Crippen LogP contribution in [0.2, 0.25) is 0 Å². The molecule has 5 nitrogen and oxygen atoms in total. The van der Waals surface area contributed by atoms with E-state index in [1.54, 1.807) is 6.07 Å². The summed E-state index contributed by atoms with van der Waals surface area (Å²) in [4.78, 5) is 14.1. The summed E-state index contributed by atoms with van der Waals surface area (Å²) in [5.41, 5.74) is 0.493. The Balaban J connectivity index is 2.64. The first-order valence-electron chi connectivity index (χ1n) is 4.62. The van der Waals surface area contributed by atoms with Gasteiger partial charge in [-0.25, -0.2) is 0 Å². The molecule has 5 heteroatoms. The molecular weight excluding hydrogens is 210 g/mol. The fourth-order valence-electron chi connectivity index (χ4n) is 1.76. The minimum absolute atomic E-state index is 0.275. The molecular formula is C11H7NO4. The zero-order valence-electron chi connectivity index (χ0n) is 8.02. The van der Waals surface area contributed by atoms with Crippen LogP contribution < -0.4 is 5.56 Å². The SMILES string of the molecule is O=c1[nH]ccc2oc3cc(O)c(O)cc3c12. The number of phenols is 2. The van der Waals surface area contributed by atoms with Crippen LogP contribution >= 0.6 is 0 Å². The maximum Gasteiger partial charge on any atom is 0.259 e. The van der Waals surface area contributed by atoms with E-state index in [2.05, 4.69) is 4.98 Å². The van der Waals surface area contributed by atoms with Crippen molar-refractivity contribution >= 4 is 21.9 Å². The van der Waals surface area contributed by atoms with Crippen LogP contribution in [-0.2, 0) is 0 Å². The van der Waals surface area contributed by atoms with Gasteiger partial charge in [0, 0.05) is 17.6 Å². The molecule has 0 saturated heterocycles. The van der Waals surface area contributed by atoms with Crippen LogP contribution in [0.4, 0.5) is 0 Å². The summed E-state index contributed by atoms with van der Waals surface area (Å²) < 4.78 is 5.38. The Kier molecular flexibility index (Phi) is 1.54. The number of benzene rings is 1. The van der Waals surface area contributed by atoms with Crippen LogP contribution in [0.5, 0.6) is 11.5 Å². The molecule has 2 aromatic heterocycles. The zero-order chi connectivity index (χ0) is 11.3. The molecule has 0 unspecified atom stereocenters. The molecule has 3 rings (SSSR count). The average Bonchev–Trinajstić information content (AvgIpc) is 2.58. The number of aromatic hydroxyl groups is 2. The second-order valence-corrected chi connectivity index (χ2v) is 3.49. The van der Waals surface area contributed by atoms with E-state index in [4.69, 9.17) is 4.42 Å². The molecule has 0 atom stereocenters. The second-order valence-electron chi connectivity index (χ2n) is 3.49. The van der Waals surface area contributed by atoms with Crippen LogP contribution in [0, 0.1) is 0 Å². The molecule has 0 bridgehead atoms. The van der Waals surface area contributed by atoms with Crippen LogP contribution in [0.15, 0.2) is 33.6 Å². The van der Waals surface area contributed by atoms with Crippen molar-refractivity contribution in [2.45, 2.75) is 0 Å². The lowest BCUT2D eigenvalue weighted by Crippen LogP contribution is -2.02. The van der Waals surface area contributed by atoms with Crippen molar-refractivity contribution in [3.63, 3.8) is 0 Å². The van der Waals surface area contributed by atoms with Crippen LogP contribution in [0.25, 0.3) is 21.9 Å². The molecule has 3 aromatic rings. The first kappa shape index (κ1) is 8.84. The third kappa shape index (κ3) is 1.02. The van der Waals surface area contributed by atoms with Gasteiger partial charge in [-0.15, -0.1) is 0 Å². The Hall–Kier alpha value is -2.43. The minimum atomic E-state index is -0.290. The molecule has 0 aliphatic rings. The summed E-state index contributed by atoms with van der Waals surface area (Å²) in [5.74, 6) is -0.554. The lowest BCUT2D eigenvalue weighted by atomic mass is 10.2. The smallest absolute Gasteiger partial charge is 0.259 e. The van der Waals surface area contributed by atoms with E-state index < -0.39 is 0 Å². The number of aromatic amines is 1. The van der Waals surface area contributed by atoms with Crippen LogP contribution in [0.3, 0.4) is 0 Å². The highest BCUT2D eigenvalue weighted by Gasteiger charge is 2.12. The maximum atomic E-state index is 11.6. The third-order valence-electron chi connectivity index (χ3n) is 2.49. The molecule has 0 aliphatic heterocycles. The van der Waals surface area contributed by atoms with Crippen molar-refractivity contribution in [3.8, 4) is 11.5 Å². The van der Waals surface area contributed by atoms with Gasteiger partial charge in [-0.3, -0.25) is 4.79 Å². The molecule has 80 valence electrons. The van der Waals surface area contributed by atoms with E-state index in [1.165, 1.54) is 18.3 Å². The number of H-pyrrole nitrogens is 1. The molecule has 0 aliphatic carbocycles. The van der Waals surface area contributed by atoms with E-state index in [1.807, 2.05) is 0 Å². The Labute approximate surface area is 88.6 Å². The number of phenolic OH excluding ortho intramolecular Hbond substituents is 2. The van der Waals surface area contributed by atoms with Crippen molar-refractivity contribution in [3.05, 3.63) is 34.7 Å². The van der Waals surface area contributed by atoms with Gasteiger partial charge in [0.25, 0.3) is 5.56 Å². The molecule has 3 N–H and O–H groups in total. The van der Waals surface area contributed by atoms with Gasteiger partial charge in [0.2, 0.25) is 0 Å². The average molecular weight is 217 g/mol. The first-order chi connectivity index (χ1) is 7.66. The highest BCUT2D eigenvalue weighted by Crippen LogP contribution is 2.34. The number of pyridine rings is 1. The van der Waals surface area contributed by atoms with Crippen molar-refractivity contribution < 1.29 is 14.6 Å². The van der Waals surface area contributed by atoms with Crippen molar-refractivity contribution in [2.75, 3.05) is 0 Å². The van der Waals surface area contributed by atoms with E-state index in [0.717, 1.165) is 0 Å². The van der Waals surface area contributed by atoms with E-state index in [0.29, 0.717) is 21.9 Å². The molecule has 0 amide bonds. The zero-order valence-corrected chi connectivity index (χ0v) is 8.02. The largest absolute Gasteiger partial charge is 0.504 e. The van der Waals surface area contributed by atoms with Crippen molar-refractivity contribution in [1.29, 1.82) is 0 Å². The van der Waals surface area contributed by atoms with Crippen LogP contribution in [0.1, 0.15) is 0 Å². The summed E-state index contributed by atoms with van der Waals surface area (Å²) in [7, 11) is 0. The van der Waals surface area contributed by atoms with Gasteiger partial charge in [-0.2, -0.15) is 0 Å². The highest BCUT2D eigenvalue weighted by atomic mass is 16.3. The summed E-state index contributed by atoms with van der Waals surface area (Å²) in [6.45, 7) is 0. The number of hydrogen-bond donors (Lipinski definition) is 3. The fraction of sp³-hybridized carbons (Fsp3) is 0. The molecule has 16 heavy (non-hydrogen) atoms. The Bertz CT molecular complexity index is 754. The van der Waals surface area contributed by atoms with Gasteiger partial charge in [0.15, 0.2) is 11.5 Å². The molecule has 1 aromatic carbocycles. The van der Waals surface area contributed by atoms with E-state index in [-0.39, 0.29) is 17.1 Å². The molecule has 0 radical (unpaired) electrons. The molecule has 0 saturated carbocycles. The summed E-state index contributed by atoms with van der Waals surface area (Å²) >= 11 is 0. The summed E-state index contributed by atoms with van der Waals surface area (Å²) in [6, 6.07) is 4.21. The number of furan rings is 1. The third-order valence-corrected chi connectivity index (χ3v) is 2.49. The topological polar surface area (TPSA) is 86.5 Å². The lowest BCUT2D eigenvalue weighted by molar-refractivity contribution is 0.404.